The van der Waals surface area contributed by atoms with E-state index in [4.69, 9.17) is 9.41 Å². The van der Waals surface area contributed by atoms with Crippen molar-refractivity contribution in [3.63, 3.8) is 0 Å². The predicted octanol–water partition coefficient (Wildman–Crippen LogP) is 12.2. The van der Waals surface area contributed by atoms with Crippen LogP contribution in [0.1, 0.15) is 22.7 Å². The van der Waals surface area contributed by atoms with E-state index >= 15 is 0 Å². The molecule has 3 nitrogen and oxygen atoms in total. The third kappa shape index (κ3) is 4.55. The van der Waals surface area contributed by atoms with Gasteiger partial charge in [0.25, 0.3) is 0 Å². The van der Waals surface area contributed by atoms with E-state index in [-0.39, 0.29) is 6.04 Å². The fourth-order valence-corrected chi connectivity index (χ4v) is 7.53. The van der Waals surface area contributed by atoms with Crippen molar-refractivity contribution in [2.75, 3.05) is 5.32 Å². The van der Waals surface area contributed by atoms with E-state index in [0.29, 0.717) is 0 Å². The number of para-hydroxylation sites is 1. The van der Waals surface area contributed by atoms with Crippen LogP contribution in [-0.2, 0) is 0 Å². The van der Waals surface area contributed by atoms with Crippen molar-refractivity contribution < 1.29 is 4.42 Å². The quantitative estimate of drug-likeness (QED) is 0.211. The third-order valence-corrected chi connectivity index (χ3v) is 9.93. The molecule has 0 fully saturated rings. The molecule has 9 aromatic rings. The highest BCUT2D eigenvalue weighted by Crippen LogP contribution is 2.43. The topological polar surface area (TPSA) is 37.5 Å². The van der Waals surface area contributed by atoms with Crippen LogP contribution in [0.25, 0.3) is 65.7 Å². The molecule has 8 aromatic carbocycles. The van der Waals surface area contributed by atoms with Crippen LogP contribution in [0.4, 0.5) is 5.69 Å². The number of benzene rings is 8. The maximum Gasteiger partial charge on any atom is 0.143 e. The molecule has 10 rings (SSSR count). The smallest absolute Gasteiger partial charge is 0.143 e. The van der Waals surface area contributed by atoms with Crippen molar-refractivity contribution in [1.29, 1.82) is 0 Å². The Morgan fingerprint density at radius 3 is 2.02 bits per heavy atom. The summed E-state index contributed by atoms with van der Waals surface area (Å²) in [5.74, 6) is 0.871. The van der Waals surface area contributed by atoms with Crippen molar-refractivity contribution in [2.24, 2.45) is 4.99 Å². The minimum Gasteiger partial charge on any atom is -0.455 e. The minimum absolute atomic E-state index is 0.155. The van der Waals surface area contributed by atoms with Gasteiger partial charge in [0, 0.05) is 33.0 Å². The predicted molar refractivity (Wildman–Crippen MR) is 204 cm³/mol. The first-order valence-electron chi connectivity index (χ1n) is 16.7. The van der Waals surface area contributed by atoms with Crippen molar-refractivity contribution in [3.05, 3.63) is 187 Å². The van der Waals surface area contributed by atoms with Crippen LogP contribution in [0, 0.1) is 0 Å². The van der Waals surface area contributed by atoms with Gasteiger partial charge in [0.15, 0.2) is 0 Å². The van der Waals surface area contributed by atoms with E-state index in [0.717, 1.165) is 55.5 Å². The van der Waals surface area contributed by atoms with Gasteiger partial charge in [-0.2, -0.15) is 0 Å². The highest BCUT2D eigenvalue weighted by Gasteiger charge is 2.25. The van der Waals surface area contributed by atoms with E-state index in [9.17, 15) is 0 Å². The summed E-state index contributed by atoms with van der Waals surface area (Å²) in [5.41, 5.74) is 11.0. The maximum absolute atomic E-state index is 6.74. The van der Waals surface area contributed by atoms with Crippen LogP contribution in [0.5, 0.6) is 0 Å². The number of anilines is 1. The van der Waals surface area contributed by atoms with Gasteiger partial charge < -0.3 is 9.73 Å². The van der Waals surface area contributed by atoms with Crippen molar-refractivity contribution in [2.45, 2.75) is 6.04 Å². The van der Waals surface area contributed by atoms with Gasteiger partial charge in [-0.25, -0.2) is 0 Å². The largest absolute Gasteiger partial charge is 0.455 e. The van der Waals surface area contributed by atoms with Crippen LogP contribution in [0.2, 0.25) is 0 Å². The zero-order chi connectivity index (χ0) is 32.3. The molecule has 0 saturated heterocycles. The summed E-state index contributed by atoms with van der Waals surface area (Å²) in [7, 11) is 0. The van der Waals surface area contributed by atoms with E-state index in [1.54, 1.807) is 0 Å². The fourth-order valence-electron chi connectivity index (χ4n) is 7.53. The Hall–Kier alpha value is -6.45. The van der Waals surface area contributed by atoms with Gasteiger partial charge in [0.05, 0.1) is 0 Å². The number of amidine groups is 1. The molecule has 3 heteroatoms. The second-order valence-electron chi connectivity index (χ2n) is 12.8. The molecule has 1 atom stereocenters. The first kappa shape index (κ1) is 27.6. The maximum atomic E-state index is 6.74. The first-order valence-corrected chi connectivity index (χ1v) is 16.7. The Balaban J connectivity index is 1.10. The van der Waals surface area contributed by atoms with Gasteiger partial charge in [-0.1, -0.05) is 152 Å². The minimum atomic E-state index is -0.155. The van der Waals surface area contributed by atoms with Gasteiger partial charge in [-0.15, -0.1) is 0 Å². The SMILES string of the molecule is c1ccc(C2=NC(c3ccc4c(c3)oc3c5ccccc5c(-c5ccc(-c6cccc7ccccc67)cc5)cc43)c3ccccc3N2)cc1. The molecule has 0 spiro atoms. The van der Waals surface area contributed by atoms with Crippen LogP contribution >= 0.6 is 0 Å². The highest BCUT2D eigenvalue weighted by molar-refractivity contribution is 6.19. The molecule has 0 saturated carbocycles. The van der Waals surface area contributed by atoms with Gasteiger partial charge in [-0.3, -0.25) is 4.99 Å². The third-order valence-electron chi connectivity index (χ3n) is 9.93. The molecule has 1 aliphatic rings. The molecule has 0 aliphatic carbocycles. The van der Waals surface area contributed by atoms with Gasteiger partial charge in [-0.05, 0) is 62.2 Å². The summed E-state index contributed by atoms with van der Waals surface area (Å²) in [6.45, 7) is 0. The van der Waals surface area contributed by atoms with E-state index < -0.39 is 0 Å². The monoisotopic (exact) mass is 626 g/mol. The van der Waals surface area contributed by atoms with Crippen LogP contribution in [-0.4, -0.2) is 5.84 Å². The lowest BCUT2D eigenvalue weighted by molar-refractivity contribution is 0.671. The number of hydrogen-bond donors (Lipinski definition) is 1. The number of fused-ring (bicyclic) bond motifs is 7. The average Bonchev–Trinajstić information content (AvgIpc) is 3.55. The summed E-state index contributed by atoms with van der Waals surface area (Å²) >= 11 is 0. The molecule has 1 aromatic heterocycles. The summed E-state index contributed by atoms with van der Waals surface area (Å²) in [6, 6.07) is 60.2. The molecular formula is C46H30N2O. The Kier molecular flexibility index (Phi) is 6.25. The Morgan fingerprint density at radius 1 is 0.469 bits per heavy atom. The molecule has 2 heterocycles. The standard InChI is InChI=1S/C46H30N2O/c1-2-12-32(13-3-1)46-47-42-20-9-8-18-39(42)44(48-46)33-25-26-37-41-28-40(36-16-6-7-17-38(36)45(41)49-43(37)27-33)31-23-21-30(22-24-31)35-19-10-14-29-11-4-5-15-34(29)35/h1-28,44H,(H,47,48). The average molecular weight is 627 g/mol. The number of nitrogens with one attached hydrogen (secondary N) is 1. The Morgan fingerprint density at radius 2 is 1.16 bits per heavy atom. The second kappa shape index (κ2) is 11.1. The number of furan rings is 1. The lowest BCUT2D eigenvalue weighted by Gasteiger charge is -2.25. The normalized spacial score (nSPS) is 14.2. The zero-order valence-electron chi connectivity index (χ0n) is 26.6. The number of nitrogens with zero attached hydrogens (tertiary/aromatic N) is 1. The van der Waals surface area contributed by atoms with E-state index in [1.165, 1.54) is 38.4 Å². The highest BCUT2D eigenvalue weighted by atomic mass is 16.3. The van der Waals surface area contributed by atoms with Gasteiger partial charge >= 0.3 is 0 Å². The van der Waals surface area contributed by atoms with Crippen molar-refractivity contribution >= 4 is 55.0 Å². The van der Waals surface area contributed by atoms with Gasteiger partial charge in [0.2, 0.25) is 0 Å². The van der Waals surface area contributed by atoms with Crippen molar-refractivity contribution in [3.8, 4) is 22.3 Å². The van der Waals surface area contributed by atoms with E-state index in [2.05, 4.69) is 157 Å². The lowest BCUT2D eigenvalue weighted by Crippen LogP contribution is -2.22. The van der Waals surface area contributed by atoms with E-state index in [1.807, 2.05) is 18.2 Å². The molecule has 0 radical (unpaired) electrons. The number of aliphatic imine (C=N–C) groups is 1. The number of rotatable bonds is 4. The molecule has 0 bridgehead atoms. The van der Waals surface area contributed by atoms with Crippen molar-refractivity contribution in [1.82, 2.24) is 0 Å². The van der Waals surface area contributed by atoms with Crippen LogP contribution < -0.4 is 5.32 Å². The summed E-state index contributed by atoms with van der Waals surface area (Å²) < 4.78 is 6.74. The zero-order valence-corrected chi connectivity index (χ0v) is 26.6. The lowest BCUT2D eigenvalue weighted by atomic mass is 9.92. The summed E-state index contributed by atoms with van der Waals surface area (Å²) in [4.78, 5) is 5.24. The number of hydrogen-bond acceptors (Lipinski definition) is 3. The van der Waals surface area contributed by atoms with Crippen LogP contribution in [0.3, 0.4) is 0 Å². The molecule has 230 valence electrons. The molecule has 1 unspecified atom stereocenters. The second-order valence-corrected chi connectivity index (χ2v) is 12.8. The fraction of sp³-hybridized carbons (Fsp3) is 0.0217. The molecule has 1 aliphatic heterocycles. The molecular weight excluding hydrogens is 597 g/mol. The molecule has 1 N–H and O–H groups in total. The Bertz CT molecular complexity index is 2730. The molecule has 49 heavy (non-hydrogen) atoms. The Labute approximate surface area is 283 Å². The van der Waals surface area contributed by atoms with Gasteiger partial charge in [0.1, 0.15) is 23.0 Å². The molecule has 0 amide bonds. The van der Waals surface area contributed by atoms with Crippen LogP contribution in [0.15, 0.2) is 179 Å². The summed E-state index contributed by atoms with van der Waals surface area (Å²) in [6.07, 6.45) is 0. The first-order chi connectivity index (χ1) is 24.3. The summed E-state index contributed by atoms with van der Waals surface area (Å²) in [5, 5.41) is 10.6.